The largest absolute Gasteiger partial charge is 0.449 e. The number of esters is 1. The fraction of sp³-hybridized carbons (Fsp3) is 0.278. The lowest BCUT2D eigenvalue weighted by molar-refractivity contribution is -0.123. The number of primary amides is 1. The number of benzene rings is 1. The minimum atomic E-state index is -0.997. The number of anilines is 1. The van der Waals surface area contributed by atoms with Gasteiger partial charge in [0.15, 0.2) is 6.10 Å². The van der Waals surface area contributed by atoms with Gasteiger partial charge >= 0.3 is 5.97 Å². The monoisotopic (exact) mass is 358 g/mol. The Balaban J connectivity index is 1.64. The zero-order chi connectivity index (χ0) is 18.0. The molecule has 130 valence electrons. The second-order valence-electron chi connectivity index (χ2n) is 5.90. The average Bonchev–Trinajstić information content (AvgIpc) is 3.22. The summed E-state index contributed by atoms with van der Waals surface area (Å²) in [6, 6.07) is 7.03. The Kier molecular flexibility index (Phi) is 4.85. The number of carbonyl (C=O) groups is 3. The van der Waals surface area contributed by atoms with Crippen molar-refractivity contribution in [2.45, 2.75) is 32.3 Å². The molecule has 1 atom stereocenters. The molecule has 1 aliphatic carbocycles. The van der Waals surface area contributed by atoms with Gasteiger partial charge in [0.25, 0.3) is 11.8 Å². The van der Waals surface area contributed by atoms with Crippen LogP contribution in [0.4, 0.5) is 5.00 Å². The first-order chi connectivity index (χ1) is 12.0. The Morgan fingerprint density at radius 3 is 2.72 bits per heavy atom. The van der Waals surface area contributed by atoms with Crippen LogP contribution in [0, 0.1) is 0 Å². The molecule has 1 aromatic heterocycles. The minimum absolute atomic E-state index is 0.232. The summed E-state index contributed by atoms with van der Waals surface area (Å²) in [5.41, 5.74) is 8.34. The highest BCUT2D eigenvalue weighted by Crippen LogP contribution is 2.24. The van der Waals surface area contributed by atoms with Gasteiger partial charge < -0.3 is 15.8 Å². The second kappa shape index (κ2) is 7.06. The number of nitrogens with two attached hydrogens (primary N) is 1. The number of rotatable bonds is 5. The van der Waals surface area contributed by atoms with E-state index in [4.69, 9.17) is 10.5 Å². The van der Waals surface area contributed by atoms with E-state index in [0.717, 1.165) is 24.8 Å². The maximum Gasteiger partial charge on any atom is 0.338 e. The van der Waals surface area contributed by atoms with Crippen LogP contribution in [0.3, 0.4) is 0 Å². The van der Waals surface area contributed by atoms with Crippen molar-refractivity contribution in [3.05, 3.63) is 51.9 Å². The van der Waals surface area contributed by atoms with Crippen molar-refractivity contribution in [2.75, 3.05) is 5.32 Å². The second-order valence-corrected chi connectivity index (χ2v) is 6.82. The number of nitrogens with one attached hydrogen (secondary N) is 1. The quantitative estimate of drug-likeness (QED) is 0.802. The van der Waals surface area contributed by atoms with Crippen LogP contribution in [0.1, 0.15) is 45.2 Å². The van der Waals surface area contributed by atoms with Gasteiger partial charge in [-0.1, -0.05) is 6.07 Å². The molecule has 7 heteroatoms. The third kappa shape index (κ3) is 3.71. The number of fused-ring (bicyclic) bond motifs is 1. The lowest BCUT2D eigenvalue weighted by Gasteiger charge is -2.14. The molecule has 2 aromatic rings. The maximum absolute atomic E-state index is 12.3. The van der Waals surface area contributed by atoms with E-state index in [0.29, 0.717) is 10.6 Å². The van der Waals surface area contributed by atoms with Crippen molar-refractivity contribution in [3.8, 4) is 0 Å². The summed E-state index contributed by atoms with van der Waals surface area (Å²) in [5.74, 6) is -1.68. The zero-order valence-corrected chi connectivity index (χ0v) is 14.5. The van der Waals surface area contributed by atoms with E-state index in [1.54, 1.807) is 11.4 Å². The number of aryl methyl sites for hydroxylation is 2. The SMILES string of the molecule is C[C@@H](OC(=O)c1ccc2c(c1)CCC2)C(=O)Nc1sccc1C(N)=O. The molecule has 3 rings (SSSR count). The molecular formula is C18H18N2O4S. The van der Waals surface area contributed by atoms with Crippen LogP contribution in [0.15, 0.2) is 29.6 Å². The number of carbonyl (C=O) groups excluding carboxylic acids is 3. The lowest BCUT2D eigenvalue weighted by atomic mass is 10.1. The van der Waals surface area contributed by atoms with Crippen LogP contribution in [-0.2, 0) is 22.4 Å². The summed E-state index contributed by atoms with van der Waals surface area (Å²) in [6.07, 6.45) is 2.09. The molecule has 25 heavy (non-hydrogen) atoms. The minimum Gasteiger partial charge on any atom is -0.449 e. The molecule has 0 saturated carbocycles. The Labute approximate surface area is 149 Å². The Hall–Kier alpha value is -2.67. The predicted molar refractivity (Wildman–Crippen MR) is 94.8 cm³/mol. The molecule has 2 amide bonds. The topological polar surface area (TPSA) is 98.5 Å². The number of ether oxygens (including phenoxy) is 1. The van der Waals surface area contributed by atoms with Crippen LogP contribution in [-0.4, -0.2) is 23.9 Å². The first-order valence-electron chi connectivity index (χ1n) is 7.96. The number of hydrogen-bond donors (Lipinski definition) is 2. The smallest absolute Gasteiger partial charge is 0.338 e. The predicted octanol–water partition coefficient (Wildman–Crippen LogP) is 2.52. The van der Waals surface area contributed by atoms with Crippen LogP contribution >= 0.6 is 11.3 Å². The maximum atomic E-state index is 12.3. The van der Waals surface area contributed by atoms with Gasteiger partial charge in [-0.2, -0.15) is 0 Å². The highest BCUT2D eigenvalue weighted by atomic mass is 32.1. The summed E-state index contributed by atoms with van der Waals surface area (Å²) < 4.78 is 5.24. The average molecular weight is 358 g/mol. The fourth-order valence-corrected chi connectivity index (χ4v) is 3.59. The molecule has 0 saturated heterocycles. The first-order valence-corrected chi connectivity index (χ1v) is 8.84. The zero-order valence-electron chi connectivity index (χ0n) is 13.7. The van der Waals surface area contributed by atoms with Gasteiger partial charge in [-0.15, -0.1) is 11.3 Å². The van der Waals surface area contributed by atoms with E-state index in [9.17, 15) is 14.4 Å². The molecule has 3 N–H and O–H groups in total. The normalized spacial score (nSPS) is 13.8. The van der Waals surface area contributed by atoms with Gasteiger partial charge in [0, 0.05) is 0 Å². The van der Waals surface area contributed by atoms with E-state index in [-0.39, 0.29) is 5.56 Å². The summed E-state index contributed by atoms with van der Waals surface area (Å²) in [5, 5.41) is 4.57. The van der Waals surface area contributed by atoms with E-state index in [1.165, 1.54) is 29.9 Å². The molecule has 1 aliphatic rings. The molecule has 6 nitrogen and oxygen atoms in total. The fourth-order valence-electron chi connectivity index (χ4n) is 2.79. The van der Waals surface area contributed by atoms with Crippen molar-refractivity contribution >= 4 is 34.1 Å². The van der Waals surface area contributed by atoms with E-state index in [1.807, 2.05) is 12.1 Å². The Bertz CT molecular complexity index is 843. The van der Waals surface area contributed by atoms with Gasteiger partial charge in [-0.3, -0.25) is 9.59 Å². The molecule has 0 unspecified atom stereocenters. The first kappa shape index (κ1) is 17.2. The Morgan fingerprint density at radius 2 is 1.96 bits per heavy atom. The summed E-state index contributed by atoms with van der Waals surface area (Å²) >= 11 is 1.18. The molecule has 0 radical (unpaired) electrons. The van der Waals surface area contributed by atoms with Gasteiger partial charge in [0.05, 0.1) is 11.1 Å². The van der Waals surface area contributed by atoms with Crippen molar-refractivity contribution in [1.29, 1.82) is 0 Å². The van der Waals surface area contributed by atoms with Crippen LogP contribution < -0.4 is 11.1 Å². The van der Waals surface area contributed by atoms with E-state index < -0.39 is 23.9 Å². The lowest BCUT2D eigenvalue weighted by Crippen LogP contribution is -2.30. The highest BCUT2D eigenvalue weighted by Gasteiger charge is 2.22. The molecule has 0 spiro atoms. The Morgan fingerprint density at radius 1 is 1.20 bits per heavy atom. The number of hydrogen-bond acceptors (Lipinski definition) is 5. The molecule has 0 aliphatic heterocycles. The third-order valence-electron chi connectivity index (χ3n) is 4.15. The number of thiophene rings is 1. The molecule has 0 fully saturated rings. The standard InChI is InChI=1S/C18H18N2O4S/c1-10(16(22)20-17-14(15(19)21)7-8-25-17)24-18(23)13-6-5-11-3-2-4-12(11)9-13/h5-10H,2-4H2,1H3,(H2,19,21)(H,20,22)/t10-/m1/s1. The van der Waals surface area contributed by atoms with E-state index >= 15 is 0 Å². The van der Waals surface area contributed by atoms with Gasteiger partial charge in [0.1, 0.15) is 5.00 Å². The molecule has 1 heterocycles. The van der Waals surface area contributed by atoms with Crippen molar-refractivity contribution in [2.24, 2.45) is 5.73 Å². The van der Waals surface area contributed by atoms with Gasteiger partial charge in [-0.05, 0) is 60.9 Å². The molecule has 0 bridgehead atoms. The summed E-state index contributed by atoms with van der Waals surface area (Å²) in [7, 11) is 0. The molecule has 1 aromatic carbocycles. The highest BCUT2D eigenvalue weighted by molar-refractivity contribution is 7.14. The van der Waals surface area contributed by atoms with Gasteiger partial charge in [-0.25, -0.2) is 4.79 Å². The van der Waals surface area contributed by atoms with Crippen molar-refractivity contribution in [1.82, 2.24) is 0 Å². The van der Waals surface area contributed by atoms with Crippen LogP contribution in [0.2, 0.25) is 0 Å². The summed E-state index contributed by atoms with van der Waals surface area (Å²) in [4.78, 5) is 35.8. The molecular weight excluding hydrogens is 340 g/mol. The van der Waals surface area contributed by atoms with Crippen molar-refractivity contribution in [3.63, 3.8) is 0 Å². The number of amides is 2. The van der Waals surface area contributed by atoms with Crippen LogP contribution in [0.25, 0.3) is 0 Å². The van der Waals surface area contributed by atoms with Crippen molar-refractivity contribution < 1.29 is 19.1 Å². The van der Waals surface area contributed by atoms with E-state index in [2.05, 4.69) is 5.32 Å². The summed E-state index contributed by atoms with van der Waals surface area (Å²) in [6.45, 7) is 1.48. The van der Waals surface area contributed by atoms with Crippen LogP contribution in [0.5, 0.6) is 0 Å². The third-order valence-corrected chi connectivity index (χ3v) is 4.98. The van der Waals surface area contributed by atoms with Gasteiger partial charge in [0.2, 0.25) is 0 Å².